The predicted octanol–water partition coefficient (Wildman–Crippen LogP) is 13.9. The van der Waals surface area contributed by atoms with Crippen LogP contribution in [0.5, 0.6) is 0 Å². The lowest BCUT2D eigenvalue weighted by Crippen LogP contribution is -2.46. The highest BCUT2D eigenvalue weighted by Gasteiger charge is 2.24. The molecule has 6 nitrogen and oxygen atoms in total. The average molecular weight is 786 g/mol. The van der Waals surface area contributed by atoms with Gasteiger partial charge in [-0.15, -0.1) is 0 Å². The number of rotatable bonds is 42. The van der Waals surface area contributed by atoms with Gasteiger partial charge in [0.05, 0.1) is 25.2 Å². The predicted molar refractivity (Wildman–Crippen MR) is 241 cm³/mol. The molecule has 3 atom stereocenters. The maximum Gasteiger partial charge on any atom is 0.306 e. The third kappa shape index (κ3) is 38.7. The van der Waals surface area contributed by atoms with Crippen LogP contribution in [0, 0.1) is 0 Å². The molecule has 0 aliphatic rings. The van der Waals surface area contributed by atoms with E-state index in [1.54, 1.807) is 0 Å². The molecule has 0 heterocycles. The van der Waals surface area contributed by atoms with Crippen LogP contribution in [0.4, 0.5) is 0 Å². The van der Waals surface area contributed by atoms with E-state index >= 15 is 0 Å². The van der Waals surface area contributed by atoms with Gasteiger partial charge in [0.2, 0.25) is 5.91 Å². The summed E-state index contributed by atoms with van der Waals surface area (Å²) in [6, 6.07) is -0.708. The van der Waals surface area contributed by atoms with E-state index in [2.05, 4.69) is 74.7 Å². The van der Waals surface area contributed by atoms with Crippen molar-refractivity contribution < 1.29 is 24.5 Å². The number of hydrogen-bond donors (Lipinski definition) is 3. The van der Waals surface area contributed by atoms with Gasteiger partial charge < -0.3 is 20.3 Å². The minimum Gasteiger partial charge on any atom is -0.462 e. The van der Waals surface area contributed by atoms with Gasteiger partial charge in [-0.3, -0.25) is 9.59 Å². The lowest BCUT2D eigenvalue weighted by atomic mass is 10.0. The second-order valence-corrected chi connectivity index (χ2v) is 16.2. The number of amides is 1. The van der Waals surface area contributed by atoms with Crippen LogP contribution in [-0.2, 0) is 14.3 Å². The van der Waals surface area contributed by atoms with Crippen LogP contribution in [0.15, 0.2) is 48.6 Å². The zero-order valence-electron chi connectivity index (χ0n) is 37.0. The molecule has 0 aliphatic carbocycles. The first kappa shape index (κ1) is 53.8. The summed E-state index contributed by atoms with van der Waals surface area (Å²) in [6.45, 7) is 6.40. The first-order valence-corrected chi connectivity index (χ1v) is 23.9. The molecule has 326 valence electrons. The van der Waals surface area contributed by atoms with Crippen LogP contribution in [0.3, 0.4) is 0 Å². The van der Waals surface area contributed by atoms with E-state index in [4.69, 9.17) is 4.74 Å². The molecule has 0 aromatic heterocycles. The molecule has 0 saturated carbocycles. The Morgan fingerprint density at radius 1 is 0.518 bits per heavy atom. The van der Waals surface area contributed by atoms with Crippen LogP contribution in [0.1, 0.15) is 233 Å². The molecule has 6 heteroatoms. The Bertz CT molecular complexity index is 972. The number of aliphatic hydroxyl groups excluding tert-OH is 2. The van der Waals surface area contributed by atoms with Gasteiger partial charge in [-0.25, -0.2) is 0 Å². The third-order valence-corrected chi connectivity index (χ3v) is 10.7. The van der Waals surface area contributed by atoms with Crippen molar-refractivity contribution in [2.45, 2.75) is 251 Å². The first-order chi connectivity index (χ1) is 27.5. The summed E-state index contributed by atoms with van der Waals surface area (Å²) >= 11 is 0. The fraction of sp³-hybridized carbons (Fsp3) is 0.800. The summed E-state index contributed by atoms with van der Waals surface area (Å²) in [5.74, 6) is -0.514. The van der Waals surface area contributed by atoms with E-state index in [0.717, 1.165) is 89.9 Å². The summed E-state index contributed by atoms with van der Waals surface area (Å²) < 4.78 is 5.89. The van der Waals surface area contributed by atoms with E-state index in [1.165, 1.54) is 96.3 Å². The smallest absolute Gasteiger partial charge is 0.306 e. The van der Waals surface area contributed by atoms with Gasteiger partial charge in [0.1, 0.15) is 6.10 Å². The van der Waals surface area contributed by atoms with Gasteiger partial charge in [0, 0.05) is 6.42 Å². The van der Waals surface area contributed by atoms with Crippen molar-refractivity contribution in [2.24, 2.45) is 0 Å². The summed E-state index contributed by atoms with van der Waals surface area (Å²) in [4.78, 5) is 26.0. The van der Waals surface area contributed by atoms with E-state index in [-0.39, 0.29) is 24.9 Å². The molecule has 3 unspecified atom stereocenters. The van der Waals surface area contributed by atoms with Gasteiger partial charge in [0.15, 0.2) is 0 Å². The highest BCUT2D eigenvalue weighted by Crippen LogP contribution is 2.17. The standard InChI is InChI=1S/C50H91NO5/c1-4-7-10-13-16-19-21-22-23-24-25-26-27-28-31-34-37-40-43-50(55)56-46(41-38-35-32-30-20-17-14-11-8-5-2)44-49(54)51-47(45-52)48(53)42-39-36-33-29-18-15-12-9-6-3/h17,20-26,46-48,52-53H,4-16,18-19,27-45H2,1-3H3,(H,51,54)/b20-17-,22-21+,24-23+,26-25+. The quantitative estimate of drug-likeness (QED) is 0.0248. The van der Waals surface area contributed by atoms with Crippen LogP contribution >= 0.6 is 0 Å². The van der Waals surface area contributed by atoms with E-state index in [1.807, 2.05) is 0 Å². The largest absolute Gasteiger partial charge is 0.462 e. The van der Waals surface area contributed by atoms with Gasteiger partial charge in [-0.05, 0) is 77.0 Å². The Morgan fingerprint density at radius 3 is 1.46 bits per heavy atom. The van der Waals surface area contributed by atoms with Crippen LogP contribution < -0.4 is 5.32 Å². The maximum atomic E-state index is 13.1. The Balaban J connectivity index is 4.57. The Kier molecular flexibility index (Phi) is 42.2. The fourth-order valence-electron chi connectivity index (χ4n) is 7.01. The number of aliphatic hydroxyl groups is 2. The van der Waals surface area contributed by atoms with Crippen molar-refractivity contribution in [3.05, 3.63) is 48.6 Å². The lowest BCUT2D eigenvalue weighted by molar-refractivity contribution is -0.151. The summed E-state index contributed by atoms with van der Waals surface area (Å²) in [6.07, 6.45) is 51.7. The van der Waals surface area contributed by atoms with Crippen LogP contribution in [-0.4, -0.2) is 46.9 Å². The molecular formula is C50H91NO5. The van der Waals surface area contributed by atoms with Crippen molar-refractivity contribution >= 4 is 11.9 Å². The topological polar surface area (TPSA) is 95.9 Å². The molecule has 0 fully saturated rings. The van der Waals surface area contributed by atoms with Crippen molar-refractivity contribution in [1.82, 2.24) is 5.32 Å². The third-order valence-electron chi connectivity index (χ3n) is 10.7. The number of carbonyl (C=O) groups is 2. The molecule has 0 saturated heterocycles. The van der Waals surface area contributed by atoms with Gasteiger partial charge in [0.25, 0.3) is 0 Å². The number of nitrogens with one attached hydrogen (secondary N) is 1. The van der Waals surface area contributed by atoms with Crippen molar-refractivity contribution in [3.8, 4) is 0 Å². The summed E-state index contributed by atoms with van der Waals surface area (Å²) in [7, 11) is 0. The molecule has 0 radical (unpaired) electrons. The zero-order valence-corrected chi connectivity index (χ0v) is 37.0. The molecular weight excluding hydrogens is 695 g/mol. The molecule has 1 amide bonds. The van der Waals surface area contributed by atoms with E-state index in [9.17, 15) is 19.8 Å². The SMILES string of the molecule is CCCCC/C=C\CCCCCC(CC(=O)NC(CO)C(O)CCCCCCCCCCC)OC(=O)CCCCCCC/C=C/C=C/C=C/CCCCCCC. The monoisotopic (exact) mass is 786 g/mol. The van der Waals surface area contributed by atoms with Crippen molar-refractivity contribution in [2.75, 3.05) is 6.61 Å². The number of hydrogen-bond acceptors (Lipinski definition) is 5. The zero-order chi connectivity index (χ0) is 41.0. The first-order valence-electron chi connectivity index (χ1n) is 23.9. The molecule has 0 aromatic carbocycles. The number of unbranched alkanes of at least 4 members (excludes halogenated alkanes) is 24. The molecule has 0 bridgehead atoms. The van der Waals surface area contributed by atoms with Crippen molar-refractivity contribution in [1.29, 1.82) is 0 Å². The van der Waals surface area contributed by atoms with Gasteiger partial charge >= 0.3 is 5.97 Å². The average Bonchev–Trinajstić information content (AvgIpc) is 3.19. The van der Waals surface area contributed by atoms with Crippen LogP contribution in [0.2, 0.25) is 0 Å². The van der Waals surface area contributed by atoms with E-state index < -0.39 is 18.2 Å². The number of allylic oxidation sites excluding steroid dienone is 8. The molecule has 0 aromatic rings. The maximum absolute atomic E-state index is 13.1. The molecule has 0 aliphatic heterocycles. The van der Waals surface area contributed by atoms with Crippen LogP contribution in [0.25, 0.3) is 0 Å². The van der Waals surface area contributed by atoms with E-state index in [0.29, 0.717) is 19.3 Å². The minimum atomic E-state index is -0.792. The summed E-state index contributed by atoms with van der Waals surface area (Å²) in [5.41, 5.74) is 0. The normalized spacial score (nSPS) is 13.7. The number of ether oxygens (including phenoxy) is 1. The lowest BCUT2D eigenvalue weighted by Gasteiger charge is -2.24. The highest BCUT2D eigenvalue weighted by atomic mass is 16.5. The second kappa shape index (κ2) is 43.9. The fourth-order valence-corrected chi connectivity index (χ4v) is 7.01. The second-order valence-electron chi connectivity index (χ2n) is 16.2. The molecule has 3 N–H and O–H groups in total. The Labute approximate surface area is 346 Å². The van der Waals surface area contributed by atoms with Gasteiger partial charge in [-0.1, -0.05) is 191 Å². The molecule has 56 heavy (non-hydrogen) atoms. The Morgan fingerprint density at radius 2 is 0.929 bits per heavy atom. The molecule has 0 spiro atoms. The van der Waals surface area contributed by atoms with Gasteiger partial charge in [-0.2, -0.15) is 0 Å². The summed E-state index contributed by atoms with van der Waals surface area (Å²) in [5, 5.41) is 23.6. The minimum absolute atomic E-state index is 0.0580. The Hall–Kier alpha value is -2.18. The number of carbonyl (C=O) groups excluding carboxylic acids is 2. The number of esters is 1. The highest BCUT2D eigenvalue weighted by molar-refractivity contribution is 5.77. The van der Waals surface area contributed by atoms with Crippen molar-refractivity contribution in [3.63, 3.8) is 0 Å². The molecule has 0 rings (SSSR count).